The molecule has 0 atom stereocenters. The lowest BCUT2D eigenvalue weighted by atomic mass is 9.91. The summed E-state index contributed by atoms with van der Waals surface area (Å²) in [7, 11) is 0. The van der Waals surface area contributed by atoms with Gasteiger partial charge in [0.15, 0.2) is 5.82 Å². The van der Waals surface area contributed by atoms with Gasteiger partial charge in [-0.2, -0.15) is 18.2 Å². The molecule has 0 bridgehead atoms. The number of aromatic amines is 1. The Hall–Kier alpha value is -3.47. The number of carbonyl (C=O) groups excluding carboxylic acids is 1. The molecule has 3 rings (SSSR count). The van der Waals surface area contributed by atoms with E-state index in [2.05, 4.69) is 25.3 Å². The molecule has 0 saturated heterocycles. The third kappa shape index (κ3) is 7.06. The average molecular weight is 538 g/mol. The van der Waals surface area contributed by atoms with Gasteiger partial charge in [-0.05, 0) is 43.0 Å². The van der Waals surface area contributed by atoms with Gasteiger partial charge in [0.2, 0.25) is 11.8 Å². The summed E-state index contributed by atoms with van der Waals surface area (Å²) in [5.41, 5.74) is -2.07. The van der Waals surface area contributed by atoms with Gasteiger partial charge in [-0.15, -0.1) is 0 Å². The lowest BCUT2D eigenvalue weighted by molar-refractivity contribution is -0.211. The number of alkyl halides is 3. The zero-order valence-electron chi connectivity index (χ0n) is 21.0. The van der Waals surface area contributed by atoms with Crippen molar-refractivity contribution < 1.29 is 22.7 Å². The number of hydrogen-bond donors (Lipinski definition) is 2. The third-order valence-corrected chi connectivity index (χ3v) is 5.64. The maximum absolute atomic E-state index is 13.1. The Morgan fingerprint density at radius 3 is 2.38 bits per heavy atom. The normalized spacial score (nSPS) is 12.4. The van der Waals surface area contributed by atoms with Crippen LogP contribution in [0.25, 0.3) is 22.8 Å². The highest BCUT2D eigenvalue weighted by molar-refractivity contribution is 6.33. The number of ether oxygens (including phenoxy) is 1. The molecule has 1 amide bonds. The molecule has 3 aromatic rings. The van der Waals surface area contributed by atoms with Gasteiger partial charge in [0.25, 0.3) is 0 Å². The predicted octanol–water partition coefficient (Wildman–Crippen LogP) is 5.18. The second kappa shape index (κ2) is 10.5. The van der Waals surface area contributed by atoms with Crippen LogP contribution in [0.1, 0.15) is 40.2 Å². The van der Waals surface area contributed by atoms with Gasteiger partial charge in [-0.3, -0.25) is 9.78 Å². The molecule has 12 heteroatoms. The predicted molar refractivity (Wildman–Crippen MR) is 133 cm³/mol. The van der Waals surface area contributed by atoms with E-state index in [-0.39, 0.29) is 28.6 Å². The number of amides is 1. The number of rotatable bonds is 7. The number of aromatic nitrogens is 4. The fraction of sp³-hybridized carbons (Fsp3) is 0.400. The van der Waals surface area contributed by atoms with E-state index < -0.39 is 23.2 Å². The fourth-order valence-corrected chi connectivity index (χ4v) is 3.13. The summed E-state index contributed by atoms with van der Waals surface area (Å²) in [4.78, 5) is 39.5. The Kier molecular flexibility index (Phi) is 7.97. The van der Waals surface area contributed by atoms with Crippen LogP contribution in [0.4, 0.5) is 13.2 Å². The summed E-state index contributed by atoms with van der Waals surface area (Å²) in [6.07, 6.45) is -3.22. The molecular formula is C25H27ClF3N5O3. The summed E-state index contributed by atoms with van der Waals surface area (Å²) in [5.74, 6) is -0.570. The number of nitrogens with zero attached hydrogens (tertiary/aromatic N) is 3. The van der Waals surface area contributed by atoms with Crippen LogP contribution in [-0.2, 0) is 11.3 Å². The van der Waals surface area contributed by atoms with E-state index in [1.807, 2.05) is 20.8 Å². The first-order valence-electron chi connectivity index (χ1n) is 11.3. The molecule has 198 valence electrons. The zero-order valence-corrected chi connectivity index (χ0v) is 21.7. The van der Waals surface area contributed by atoms with Gasteiger partial charge in [-0.25, -0.2) is 14.8 Å². The van der Waals surface area contributed by atoms with Crippen molar-refractivity contribution in [2.75, 3.05) is 6.61 Å². The van der Waals surface area contributed by atoms with E-state index in [4.69, 9.17) is 16.3 Å². The second-order valence-corrected chi connectivity index (χ2v) is 10.6. The number of nitrogens with one attached hydrogen (secondary N) is 2. The van der Waals surface area contributed by atoms with Crippen LogP contribution in [0, 0.1) is 10.8 Å². The van der Waals surface area contributed by atoms with Crippen molar-refractivity contribution >= 4 is 17.5 Å². The van der Waals surface area contributed by atoms with Crippen LogP contribution in [0.3, 0.4) is 0 Å². The number of H-pyrrole nitrogens is 1. The summed E-state index contributed by atoms with van der Waals surface area (Å²) >= 11 is 6.32. The van der Waals surface area contributed by atoms with Gasteiger partial charge in [-0.1, -0.05) is 38.4 Å². The van der Waals surface area contributed by atoms with Gasteiger partial charge in [0.1, 0.15) is 11.2 Å². The first-order valence-corrected chi connectivity index (χ1v) is 11.7. The average Bonchev–Trinajstić information content (AvgIpc) is 2.80. The van der Waals surface area contributed by atoms with Crippen LogP contribution < -0.4 is 15.7 Å². The monoisotopic (exact) mass is 537 g/mol. The molecule has 2 heterocycles. The smallest absolute Gasteiger partial charge is 0.402 e. The van der Waals surface area contributed by atoms with Gasteiger partial charge < -0.3 is 10.1 Å². The first kappa shape index (κ1) is 28.1. The summed E-state index contributed by atoms with van der Waals surface area (Å²) in [5, 5.41) is 2.52. The molecule has 1 aromatic carbocycles. The molecule has 0 saturated carbocycles. The summed E-state index contributed by atoms with van der Waals surface area (Å²) in [6, 6.07) is 7.87. The van der Waals surface area contributed by atoms with Crippen molar-refractivity contribution in [3.8, 4) is 28.7 Å². The summed E-state index contributed by atoms with van der Waals surface area (Å²) in [6.45, 7) is 7.99. The highest BCUT2D eigenvalue weighted by atomic mass is 35.5. The zero-order chi connectivity index (χ0) is 27.6. The lowest BCUT2D eigenvalue weighted by Gasteiger charge is -2.26. The van der Waals surface area contributed by atoms with Crippen LogP contribution in [0.15, 0.2) is 41.3 Å². The molecule has 0 fully saturated rings. The number of hydrogen-bond acceptors (Lipinski definition) is 6. The van der Waals surface area contributed by atoms with Crippen LogP contribution in [0.2, 0.25) is 5.02 Å². The van der Waals surface area contributed by atoms with E-state index >= 15 is 0 Å². The third-order valence-electron chi connectivity index (χ3n) is 5.31. The van der Waals surface area contributed by atoms with Crippen LogP contribution in [0.5, 0.6) is 5.88 Å². The van der Waals surface area contributed by atoms with Crippen molar-refractivity contribution in [1.82, 2.24) is 25.3 Å². The molecule has 0 aliphatic carbocycles. The van der Waals surface area contributed by atoms with E-state index in [0.29, 0.717) is 29.2 Å². The van der Waals surface area contributed by atoms with E-state index in [1.54, 1.807) is 18.2 Å². The summed E-state index contributed by atoms with van der Waals surface area (Å²) < 4.78 is 45.1. The lowest BCUT2D eigenvalue weighted by Crippen LogP contribution is -2.46. The highest BCUT2D eigenvalue weighted by Gasteiger charge is 2.52. The maximum atomic E-state index is 13.1. The fourth-order valence-electron chi connectivity index (χ4n) is 2.93. The van der Waals surface area contributed by atoms with E-state index in [0.717, 1.165) is 13.8 Å². The minimum Gasteiger partial charge on any atom is -0.477 e. The molecule has 0 radical (unpaired) electrons. The molecule has 0 unspecified atom stereocenters. The molecule has 2 N–H and O–H groups in total. The van der Waals surface area contributed by atoms with E-state index in [9.17, 15) is 22.8 Å². The maximum Gasteiger partial charge on any atom is 0.402 e. The number of pyridine rings is 1. The van der Waals surface area contributed by atoms with Crippen LogP contribution in [-0.4, -0.2) is 38.6 Å². The van der Waals surface area contributed by atoms with Gasteiger partial charge >= 0.3 is 11.9 Å². The second-order valence-electron chi connectivity index (χ2n) is 10.2. The highest BCUT2D eigenvalue weighted by Crippen LogP contribution is 2.37. The topological polar surface area (TPSA) is 110 Å². The van der Waals surface area contributed by atoms with Gasteiger partial charge in [0, 0.05) is 29.9 Å². The van der Waals surface area contributed by atoms with Crippen molar-refractivity contribution in [2.24, 2.45) is 10.8 Å². The Balaban J connectivity index is 1.84. The Morgan fingerprint density at radius 1 is 1.08 bits per heavy atom. The minimum absolute atomic E-state index is 0.0454. The Labute approximate surface area is 216 Å². The number of halogens is 4. The van der Waals surface area contributed by atoms with Gasteiger partial charge in [0.05, 0.1) is 11.6 Å². The quantitative estimate of drug-likeness (QED) is 0.430. The van der Waals surface area contributed by atoms with Crippen LogP contribution >= 0.6 is 11.6 Å². The van der Waals surface area contributed by atoms with E-state index in [1.165, 1.54) is 18.3 Å². The number of benzene rings is 1. The Morgan fingerprint density at radius 2 is 1.78 bits per heavy atom. The van der Waals surface area contributed by atoms with Crippen molar-refractivity contribution in [1.29, 1.82) is 0 Å². The minimum atomic E-state index is -4.70. The first-order chi connectivity index (χ1) is 17.1. The molecule has 0 spiro atoms. The molecule has 2 aromatic heterocycles. The Bertz CT molecular complexity index is 1330. The molecule has 0 aliphatic heterocycles. The SMILES string of the molecule is CC(C)(C)COc1ccc(-c2nc(-c3cc(CNC(=O)C(C)(C)C(F)(F)F)ccc3Cl)[nH]c(=O)n2)cn1. The molecule has 0 aliphatic rings. The van der Waals surface area contributed by atoms with Crippen molar-refractivity contribution in [3.63, 3.8) is 0 Å². The van der Waals surface area contributed by atoms with Crippen molar-refractivity contribution in [3.05, 3.63) is 57.6 Å². The van der Waals surface area contributed by atoms with Crippen molar-refractivity contribution in [2.45, 2.75) is 47.3 Å². The molecule has 8 nitrogen and oxygen atoms in total. The molecular weight excluding hydrogens is 511 g/mol. The largest absolute Gasteiger partial charge is 0.477 e. The standard InChI is InChI=1S/C25H27ClF3N5O3/c1-23(2,3)13-37-18-9-7-15(12-30-18)19-32-20(34-22(36)33-19)16-10-14(6-8-17(16)26)11-31-21(35)24(4,5)25(27,28)29/h6-10,12H,11,13H2,1-5H3,(H,31,35)(H,32,33,34,36). The number of carbonyl (C=O) groups is 1. The molecule has 37 heavy (non-hydrogen) atoms.